The molecule has 1 heterocycles. The predicted molar refractivity (Wildman–Crippen MR) is 111 cm³/mol. The number of carboxylic acids is 1. The Hall–Kier alpha value is -1.57. The van der Waals surface area contributed by atoms with Gasteiger partial charge in [0.2, 0.25) is 0 Å². The van der Waals surface area contributed by atoms with Gasteiger partial charge in [-0.05, 0) is 50.2 Å². The molecule has 3 N–H and O–H groups in total. The SMILES string of the molecule is O=C(O)CCC[C@H]1CC[C@@H]2[C@@H](C=C[C@@H](O)COc3cccc(F)c3)[C@H](O)C[C@@H]2S1. The zero-order valence-electron chi connectivity index (χ0n) is 16.3. The Morgan fingerprint density at radius 3 is 2.97 bits per heavy atom. The number of aliphatic hydroxyl groups is 2. The van der Waals surface area contributed by atoms with Crippen molar-refractivity contribution in [1.82, 2.24) is 0 Å². The molecule has 0 aromatic heterocycles. The van der Waals surface area contributed by atoms with E-state index in [2.05, 4.69) is 0 Å². The van der Waals surface area contributed by atoms with Gasteiger partial charge in [-0.15, -0.1) is 0 Å². The summed E-state index contributed by atoms with van der Waals surface area (Å²) in [6.07, 6.45) is 6.92. The van der Waals surface area contributed by atoms with E-state index in [1.807, 2.05) is 17.8 Å². The monoisotopic (exact) mass is 424 g/mol. The first-order valence-corrected chi connectivity index (χ1v) is 11.2. The summed E-state index contributed by atoms with van der Waals surface area (Å²) in [7, 11) is 0. The van der Waals surface area contributed by atoms with Gasteiger partial charge in [-0.1, -0.05) is 18.2 Å². The molecule has 0 unspecified atom stereocenters. The zero-order valence-corrected chi connectivity index (χ0v) is 17.1. The largest absolute Gasteiger partial charge is 0.490 e. The van der Waals surface area contributed by atoms with Crippen molar-refractivity contribution in [1.29, 1.82) is 0 Å². The summed E-state index contributed by atoms with van der Waals surface area (Å²) in [6, 6.07) is 5.79. The van der Waals surface area contributed by atoms with Crippen LogP contribution in [0.25, 0.3) is 0 Å². The topological polar surface area (TPSA) is 87.0 Å². The number of thioether (sulfide) groups is 1. The number of carboxylic acid groups (broad SMARTS) is 1. The number of aliphatic hydroxyl groups excluding tert-OH is 2. The molecule has 5 nitrogen and oxygen atoms in total. The molecule has 0 amide bonds. The Bertz CT molecular complexity index is 712. The van der Waals surface area contributed by atoms with Gasteiger partial charge in [0.25, 0.3) is 0 Å². The molecule has 1 aromatic carbocycles. The quantitative estimate of drug-likeness (QED) is 0.525. The van der Waals surface area contributed by atoms with E-state index >= 15 is 0 Å². The number of hydrogen-bond donors (Lipinski definition) is 3. The number of fused-ring (bicyclic) bond motifs is 1. The Kier molecular flexibility index (Phi) is 7.98. The number of hydrogen-bond acceptors (Lipinski definition) is 5. The molecular weight excluding hydrogens is 395 g/mol. The molecule has 0 bridgehead atoms. The fourth-order valence-electron chi connectivity index (χ4n) is 4.35. The van der Waals surface area contributed by atoms with Gasteiger partial charge in [-0.25, -0.2) is 4.39 Å². The lowest BCUT2D eigenvalue weighted by molar-refractivity contribution is -0.137. The molecule has 2 aliphatic rings. The van der Waals surface area contributed by atoms with Crippen LogP contribution in [0, 0.1) is 17.7 Å². The van der Waals surface area contributed by atoms with E-state index in [9.17, 15) is 19.4 Å². The molecule has 1 saturated heterocycles. The molecule has 0 radical (unpaired) electrons. The maximum atomic E-state index is 13.2. The molecule has 160 valence electrons. The number of halogens is 1. The van der Waals surface area contributed by atoms with Crippen LogP contribution in [-0.2, 0) is 4.79 Å². The third kappa shape index (κ3) is 6.46. The highest BCUT2D eigenvalue weighted by Crippen LogP contribution is 2.49. The lowest BCUT2D eigenvalue weighted by Crippen LogP contribution is -2.27. The van der Waals surface area contributed by atoms with E-state index in [-0.39, 0.29) is 24.8 Å². The number of aliphatic carboxylic acids is 1. The molecular formula is C22H29FO5S. The van der Waals surface area contributed by atoms with Crippen LogP contribution >= 0.6 is 11.8 Å². The van der Waals surface area contributed by atoms with Crippen LogP contribution in [-0.4, -0.2) is 50.6 Å². The van der Waals surface area contributed by atoms with Gasteiger partial charge in [-0.2, -0.15) is 11.8 Å². The second kappa shape index (κ2) is 10.5. The van der Waals surface area contributed by atoms with E-state index < -0.39 is 18.2 Å². The Labute approximate surface area is 175 Å². The molecule has 1 aliphatic heterocycles. The maximum Gasteiger partial charge on any atom is 0.303 e. The van der Waals surface area contributed by atoms with Gasteiger partial charge in [0, 0.05) is 28.9 Å². The number of carbonyl (C=O) groups is 1. The fraction of sp³-hybridized carbons (Fsp3) is 0.591. The first-order chi connectivity index (χ1) is 13.9. The molecule has 1 saturated carbocycles. The molecule has 0 spiro atoms. The predicted octanol–water partition coefficient (Wildman–Crippen LogP) is 3.64. The van der Waals surface area contributed by atoms with E-state index in [0.29, 0.717) is 28.6 Å². The second-order valence-corrected chi connectivity index (χ2v) is 9.47. The Morgan fingerprint density at radius 2 is 2.21 bits per heavy atom. The minimum absolute atomic E-state index is 0.0105. The van der Waals surface area contributed by atoms with Gasteiger partial charge in [0.05, 0.1) is 6.10 Å². The Morgan fingerprint density at radius 1 is 1.38 bits per heavy atom. The summed E-state index contributed by atoms with van der Waals surface area (Å²) in [5.74, 6) is -0.375. The number of ether oxygens (including phenoxy) is 1. The minimum atomic E-state index is -0.829. The van der Waals surface area contributed by atoms with Crippen LogP contribution in [0.3, 0.4) is 0 Å². The smallest absolute Gasteiger partial charge is 0.303 e. The average molecular weight is 425 g/mol. The summed E-state index contributed by atoms with van der Waals surface area (Å²) in [4.78, 5) is 10.7. The summed E-state index contributed by atoms with van der Waals surface area (Å²) in [5.41, 5.74) is 0. The van der Waals surface area contributed by atoms with Gasteiger partial charge in [0.1, 0.15) is 24.3 Å². The highest BCUT2D eigenvalue weighted by Gasteiger charge is 2.44. The van der Waals surface area contributed by atoms with E-state index in [1.54, 1.807) is 18.2 Å². The van der Waals surface area contributed by atoms with Crippen molar-refractivity contribution >= 4 is 17.7 Å². The third-order valence-corrected chi connectivity index (χ3v) is 7.52. The summed E-state index contributed by atoms with van der Waals surface area (Å²) in [5, 5.41) is 30.3. The van der Waals surface area contributed by atoms with Gasteiger partial charge in [0.15, 0.2) is 0 Å². The van der Waals surface area contributed by atoms with Crippen LogP contribution in [0.1, 0.15) is 38.5 Å². The van der Waals surface area contributed by atoms with Crippen molar-refractivity contribution < 1.29 is 29.2 Å². The molecule has 7 heteroatoms. The van der Waals surface area contributed by atoms with Crippen LogP contribution in [0.4, 0.5) is 4.39 Å². The average Bonchev–Trinajstić information content (AvgIpc) is 2.99. The second-order valence-electron chi connectivity index (χ2n) is 7.92. The van der Waals surface area contributed by atoms with E-state index in [0.717, 1.165) is 25.7 Å². The van der Waals surface area contributed by atoms with E-state index in [1.165, 1.54) is 12.1 Å². The normalized spacial score (nSPS) is 30.2. The van der Waals surface area contributed by atoms with Crippen LogP contribution in [0.5, 0.6) is 5.75 Å². The van der Waals surface area contributed by atoms with Crippen LogP contribution in [0.2, 0.25) is 0 Å². The minimum Gasteiger partial charge on any atom is -0.490 e. The lowest BCUT2D eigenvalue weighted by atomic mass is 9.88. The van der Waals surface area contributed by atoms with Gasteiger partial charge >= 0.3 is 5.97 Å². The third-order valence-electron chi connectivity index (χ3n) is 5.77. The van der Waals surface area contributed by atoms with Crippen LogP contribution in [0.15, 0.2) is 36.4 Å². The summed E-state index contributed by atoms with van der Waals surface area (Å²) in [6.45, 7) is 0.0251. The molecule has 29 heavy (non-hydrogen) atoms. The van der Waals surface area contributed by atoms with Crippen molar-refractivity contribution in [3.63, 3.8) is 0 Å². The molecule has 1 aromatic rings. The summed E-state index contributed by atoms with van der Waals surface area (Å²) < 4.78 is 18.6. The molecule has 2 fully saturated rings. The molecule has 6 atom stereocenters. The fourth-order valence-corrected chi connectivity index (χ4v) is 6.24. The first kappa shape index (κ1) is 22.1. The van der Waals surface area contributed by atoms with Crippen molar-refractivity contribution in [3.05, 3.63) is 42.2 Å². The van der Waals surface area contributed by atoms with E-state index in [4.69, 9.17) is 9.84 Å². The highest BCUT2D eigenvalue weighted by molar-refractivity contribution is 8.00. The number of rotatable bonds is 9. The van der Waals surface area contributed by atoms with Crippen molar-refractivity contribution in [2.75, 3.05) is 6.61 Å². The first-order valence-electron chi connectivity index (χ1n) is 10.2. The summed E-state index contributed by atoms with van der Waals surface area (Å²) >= 11 is 1.89. The van der Waals surface area contributed by atoms with Gasteiger partial charge < -0.3 is 20.1 Å². The lowest BCUT2D eigenvalue weighted by Gasteiger charge is -2.33. The van der Waals surface area contributed by atoms with Gasteiger partial charge in [-0.3, -0.25) is 4.79 Å². The van der Waals surface area contributed by atoms with Crippen molar-refractivity contribution in [2.45, 2.75) is 61.2 Å². The Balaban J connectivity index is 1.46. The van der Waals surface area contributed by atoms with Crippen molar-refractivity contribution in [3.8, 4) is 5.75 Å². The van der Waals surface area contributed by atoms with Crippen molar-refractivity contribution in [2.24, 2.45) is 11.8 Å². The molecule has 1 aliphatic carbocycles. The maximum absolute atomic E-state index is 13.2. The van der Waals surface area contributed by atoms with Crippen LogP contribution < -0.4 is 4.74 Å². The number of benzene rings is 1. The zero-order chi connectivity index (χ0) is 20.8. The molecule has 3 rings (SSSR count). The highest BCUT2D eigenvalue weighted by atomic mass is 32.2. The standard InChI is InChI=1S/C22H29FO5S/c23-14-3-1-4-16(11-14)28-13-15(24)7-9-18-19-10-8-17(5-2-6-22(26)27)29-21(19)12-20(18)25/h1,3-4,7,9,11,15,17-21,24-25H,2,5-6,8,10,12-13H2,(H,26,27)/t15-,17+,18-,19-,20-,21+/m1/s1.